The smallest absolute Gasteiger partial charge is 0.227 e. The van der Waals surface area contributed by atoms with Crippen molar-refractivity contribution in [1.82, 2.24) is 9.97 Å². The highest BCUT2D eigenvalue weighted by Crippen LogP contribution is 2.22. The van der Waals surface area contributed by atoms with Gasteiger partial charge in [0.1, 0.15) is 0 Å². The number of anilines is 3. The summed E-state index contributed by atoms with van der Waals surface area (Å²) in [7, 11) is 0. The van der Waals surface area contributed by atoms with Gasteiger partial charge in [-0.3, -0.25) is 0 Å². The molecular weight excluding hydrogens is 248 g/mol. The molecule has 0 aliphatic carbocycles. The SMILES string of the molecule is Nc1cnc(Nc2ccc(-c3ccccc3)cc2)nc1. The van der Waals surface area contributed by atoms with E-state index in [2.05, 4.69) is 39.6 Å². The van der Waals surface area contributed by atoms with E-state index >= 15 is 0 Å². The molecule has 0 aliphatic rings. The Hall–Kier alpha value is -2.88. The van der Waals surface area contributed by atoms with Crippen molar-refractivity contribution in [3.63, 3.8) is 0 Å². The number of aromatic nitrogens is 2. The minimum absolute atomic E-state index is 0.534. The summed E-state index contributed by atoms with van der Waals surface area (Å²) < 4.78 is 0. The maximum absolute atomic E-state index is 5.55. The zero-order chi connectivity index (χ0) is 13.8. The van der Waals surface area contributed by atoms with E-state index in [1.54, 1.807) is 12.4 Å². The van der Waals surface area contributed by atoms with E-state index in [0.717, 1.165) is 5.69 Å². The van der Waals surface area contributed by atoms with Crippen LogP contribution in [0, 0.1) is 0 Å². The molecule has 4 heteroatoms. The Balaban J connectivity index is 1.78. The third kappa shape index (κ3) is 2.75. The predicted molar refractivity (Wildman–Crippen MR) is 81.6 cm³/mol. The largest absolute Gasteiger partial charge is 0.396 e. The summed E-state index contributed by atoms with van der Waals surface area (Å²) in [6, 6.07) is 18.4. The van der Waals surface area contributed by atoms with E-state index in [9.17, 15) is 0 Å². The highest BCUT2D eigenvalue weighted by Gasteiger charge is 1.99. The van der Waals surface area contributed by atoms with Gasteiger partial charge < -0.3 is 11.1 Å². The third-order valence-electron chi connectivity index (χ3n) is 2.92. The number of hydrogen-bond donors (Lipinski definition) is 2. The summed E-state index contributed by atoms with van der Waals surface area (Å²) in [5.74, 6) is 0.534. The Morgan fingerprint density at radius 1 is 0.750 bits per heavy atom. The van der Waals surface area contributed by atoms with Crippen LogP contribution >= 0.6 is 0 Å². The van der Waals surface area contributed by atoms with Gasteiger partial charge in [0.15, 0.2) is 0 Å². The molecule has 0 amide bonds. The molecule has 1 aromatic heterocycles. The first-order chi connectivity index (χ1) is 9.81. The number of nitrogens with one attached hydrogen (secondary N) is 1. The highest BCUT2D eigenvalue weighted by atomic mass is 15.1. The van der Waals surface area contributed by atoms with Crippen molar-refractivity contribution in [2.45, 2.75) is 0 Å². The summed E-state index contributed by atoms with van der Waals surface area (Å²) in [4.78, 5) is 8.21. The lowest BCUT2D eigenvalue weighted by molar-refractivity contribution is 1.17. The van der Waals surface area contributed by atoms with Crippen LogP contribution in [0.4, 0.5) is 17.3 Å². The van der Waals surface area contributed by atoms with Crippen molar-refractivity contribution in [2.75, 3.05) is 11.1 Å². The molecule has 0 saturated heterocycles. The van der Waals surface area contributed by atoms with Crippen molar-refractivity contribution in [3.8, 4) is 11.1 Å². The summed E-state index contributed by atoms with van der Waals surface area (Å²) in [5, 5.41) is 3.13. The lowest BCUT2D eigenvalue weighted by atomic mass is 10.1. The van der Waals surface area contributed by atoms with E-state index < -0.39 is 0 Å². The monoisotopic (exact) mass is 262 g/mol. The van der Waals surface area contributed by atoms with Crippen molar-refractivity contribution < 1.29 is 0 Å². The summed E-state index contributed by atoms with van der Waals surface area (Å²) in [5.41, 5.74) is 9.41. The van der Waals surface area contributed by atoms with Crippen LogP contribution < -0.4 is 11.1 Å². The fourth-order valence-electron chi connectivity index (χ4n) is 1.91. The molecule has 20 heavy (non-hydrogen) atoms. The first kappa shape index (κ1) is 12.2. The summed E-state index contributed by atoms with van der Waals surface area (Å²) >= 11 is 0. The number of nitrogens with two attached hydrogens (primary N) is 1. The topological polar surface area (TPSA) is 63.8 Å². The number of rotatable bonds is 3. The van der Waals surface area contributed by atoms with Gasteiger partial charge in [-0.25, -0.2) is 9.97 Å². The fourth-order valence-corrected chi connectivity index (χ4v) is 1.91. The standard InChI is InChI=1S/C16H14N4/c17-14-10-18-16(19-11-14)20-15-8-6-13(7-9-15)12-4-2-1-3-5-12/h1-11H,17H2,(H,18,19,20). The molecule has 3 aromatic rings. The van der Waals surface area contributed by atoms with E-state index in [1.807, 2.05) is 30.3 Å². The van der Waals surface area contributed by atoms with Crippen molar-refractivity contribution in [3.05, 3.63) is 67.0 Å². The molecule has 0 atom stereocenters. The minimum Gasteiger partial charge on any atom is -0.396 e. The molecule has 2 aromatic carbocycles. The zero-order valence-electron chi connectivity index (χ0n) is 10.8. The lowest BCUT2D eigenvalue weighted by Crippen LogP contribution is -1.97. The molecule has 98 valence electrons. The van der Waals surface area contributed by atoms with Crippen molar-refractivity contribution >= 4 is 17.3 Å². The molecule has 0 saturated carbocycles. The molecule has 3 N–H and O–H groups in total. The minimum atomic E-state index is 0.534. The third-order valence-corrected chi connectivity index (χ3v) is 2.92. The molecule has 3 rings (SSSR count). The van der Waals surface area contributed by atoms with Crippen LogP contribution in [0.25, 0.3) is 11.1 Å². The fraction of sp³-hybridized carbons (Fsp3) is 0. The summed E-state index contributed by atoms with van der Waals surface area (Å²) in [6.07, 6.45) is 3.15. The number of nitrogens with zero attached hydrogens (tertiary/aromatic N) is 2. The first-order valence-corrected chi connectivity index (χ1v) is 6.31. The van der Waals surface area contributed by atoms with Crippen LogP contribution in [0.15, 0.2) is 67.0 Å². The Bertz CT molecular complexity index is 676. The molecule has 0 unspecified atom stereocenters. The Morgan fingerprint density at radius 2 is 1.35 bits per heavy atom. The van der Waals surface area contributed by atoms with Crippen molar-refractivity contribution in [2.24, 2.45) is 0 Å². The maximum Gasteiger partial charge on any atom is 0.227 e. The van der Waals surface area contributed by atoms with E-state index in [1.165, 1.54) is 11.1 Å². The highest BCUT2D eigenvalue weighted by molar-refractivity contribution is 5.67. The first-order valence-electron chi connectivity index (χ1n) is 6.31. The molecule has 0 spiro atoms. The van der Waals surface area contributed by atoms with Gasteiger partial charge in [-0.1, -0.05) is 42.5 Å². The normalized spacial score (nSPS) is 10.2. The Morgan fingerprint density at radius 3 is 2.00 bits per heavy atom. The molecule has 0 bridgehead atoms. The van der Waals surface area contributed by atoms with E-state index in [4.69, 9.17) is 5.73 Å². The molecule has 4 nitrogen and oxygen atoms in total. The van der Waals surface area contributed by atoms with Crippen LogP contribution in [0.1, 0.15) is 0 Å². The van der Waals surface area contributed by atoms with Crippen LogP contribution in [-0.4, -0.2) is 9.97 Å². The van der Waals surface area contributed by atoms with Gasteiger partial charge in [-0.2, -0.15) is 0 Å². The number of hydrogen-bond acceptors (Lipinski definition) is 4. The molecule has 0 aliphatic heterocycles. The van der Waals surface area contributed by atoms with E-state index in [0.29, 0.717) is 11.6 Å². The average Bonchev–Trinajstić information content (AvgIpc) is 2.51. The van der Waals surface area contributed by atoms with Gasteiger partial charge in [-0.15, -0.1) is 0 Å². The molecule has 0 fully saturated rings. The van der Waals surface area contributed by atoms with Gasteiger partial charge in [-0.05, 0) is 23.3 Å². The second kappa shape index (κ2) is 5.40. The van der Waals surface area contributed by atoms with Gasteiger partial charge in [0.25, 0.3) is 0 Å². The molecular formula is C16H14N4. The number of nitrogen functional groups attached to an aromatic ring is 1. The van der Waals surface area contributed by atoms with Crippen LogP contribution in [0.5, 0.6) is 0 Å². The number of benzene rings is 2. The second-order valence-electron chi connectivity index (χ2n) is 4.41. The molecule has 1 heterocycles. The lowest BCUT2D eigenvalue weighted by Gasteiger charge is -2.06. The Labute approximate surface area is 117 Å². The van der Waals surface area contributed by atoms with E-state index in [-0.39, 0.29) is 0 Å². The van der Waals surface area contributed by atoms with Crippen LogP contribution in [0.3, 0.4) is 0 Å². The quantitative estimate of drug-likeness (QED) is 0.758. The van der Waals surface area contributed by atoms with Gasteiger partial charge in [0, 0.05) is 5.69 Å². The average molecular weight is 262 g/mol. The maximum atomic E-state index is 5.55. The predicted octanol–water partition coefficient (Wildman–Crippen LogP) is 3.47. The Kier molecular flexibility index (Phi) is 3.29. The van der Waals surface area contributed by atoms with Crippen LogP contribution in [0.2, 0.25) is 0 Å². The molecule has 0 radical (unpaired) electrons. The van der Waals surface area contributed by atoms with Gasteiger partial charge in [0.2, 0.25) is 5.95 Å². The zero-order valence-corrected chi connectivity index (χ0v) is 10.8. The van der Waals surface area contributed by atoms with Gasteiger partial charge >= 0.3 is 0 Å². The van der Waals surface area contributed by atoms with Crippen molar-refractivity contribution in [1.29, 1.82) is 0 Å². The summed E-state index contributed by atoms with van der Waals surface area (Å²) in [6.45, 7) is 0. The second-order valence-corrected chi connectivity index (χ2v) is 4.41. The van der Waals surface area contributed by atoms with Crippen LogP contribution in [-0.2, 0) is 0 Å². The van der Waals surface area contributed by atoms with Gasteiger partial charge in [0.05, 0.1) is 18.1 Å².